The molecule has 0 amide bonds. The topological polar surface area (TPSA) is 64.9 Å². The number of nitrogens with zero attached hydrogens (tertiary/aromatic N) is 2. The first kappa shape index (κ1) is 13.6. The molecule has 4 nitrogen and oxygen atoms in total. The van der Waals surface area contributed by atoms with Gasteiger partial charge in [0.2, 0.25) is 5.89 Å². The summed E-state index contributed by atoms with van der Waals surface area (Å²) in [6.07, 6.45) is 3.86. The molecule has 2 N–H and O–H groups in total. The highest BCUT2D eigenvalue weighted by Gasteiger charge is 2.38. The number of nitrogens with two attached hydrogens (primary N) is 1. The van der Waals surface area contributed by atoms with Gasteiger partial charge in [0.15, 0.2) is 5.82 Å². The van der Waals surface area contributed by atoms with Crippen LogP contribution in [0.25, 0.3) is 0 Å². The molecule has 5 heteroatoms. The SMILES string of the molecule is Cc1ccc(SCCc2nc(C3(N)CCC3)no2)cc1. The molecule has 3 rings (SSSR count). The fourth-order valence-electron chi connectivity index (χ4n) is 2.23. The Morgan fingerprint density at radius 3 is 2.70 bits per heavy atom. The molecule has 0 saturated heterocycles. The van der Waals surface area contributed by atoms with Crippen LogP contribution < -0.4 is 5.73 Å². The Morgan fingerprint density at radius 1 is 1.30 bits per heavy atom. The van der Waals surface area contributed by atoms with Gasteiger partial charge >= 0.3 is 0 Å². The first-order chi connectivity index (χ1) is 9.66. The van der Waals surface area contributed by atoms with E-state index in [1.165, 1.54) is 10.5 Å². The van der Waals surface area contributed by atoms with Gasteiger partial charge in [-0.25, -0.2) is 0 Å². The van der Waals surface area contributed by atoms with Crippen molar-refractivity contribution in [1.29, 1.82) is 0 Å². The fourth-order valence-corrected chi connectivity index (χ4v) is 3.07. The summed E-state index contributed by atoms with van der Waals surface area (Å²) >= 11 is 1.80. The second-order valence-corrected chi connectivity index (χ2v) is 6.60. The fraction of sp³-hybridized carbons (Fsp3) is 0.467. The first-order valence-electron chi connectivity index (χ1n) is 6.97. The molecule has 0 unspecified atom stereocenters. The van der Waals surface area contributed by atoms with E-state index in [0.29, 0.717) is 11.7 Å². The number of rotatable bonds is 5. The highest BCUT2D eigenvalue weighted by atomic mass is 32.2. The average molecular weight is 289 g/mol. The number of benzene rings is 1. The molecule has 1 aliphatic rings. The quantitative estimate of drug-likeness (QED) is 0.857. The van der Waals surface area contributed by atoms with Crippen LogP contribution in [-0.2, 0) is 12.0 Å². The summed E-state index contributed by atoms with van der Waals surface area (Å²) < 4.78 is 5.29. The largest absolute Gasteiger partial charge is 0.339 e. The summed E-state index contributed by atoms with van der Waals surface area (Å²) in [6.45, 7) is 2.09. The number of aryl methyl sites for hydroxylation is 2. The van der Waals surface area contributed by atoms with Gasteiger partial charge in [0, 0.05) is 17.1 Å². The van der Waals surface area contributed by atoms with Gasteiger partial charge in [-0.3, -0.25) is 0 Å². The summed E-state index contributed by atoms with van der Waals surface area (Å²) in [4.78, 5) is 5.70. The van der Waals surface area contributed by atoms with Crippen molar-refractivity contribution in [2.24, 2.45) is 5.73 Å². The summed E-state index contributed by atoms with van der Waals surface area (Å²) in [5.41, 5.74) is 7.14. The van der Waals surface area contributed by atoms with Crippen LogP contribution in [0, 0.1) is 6.92 Å². The predicted octanol–water partition coefficient (Wildman–Crippen LogP) is 3.05. The summed E-state index contributed by atoms with van der Waals surface area (Å²) in [5.74, 6) is 2.30. The molecule has 1 fully saturated rings. The lowest BCUT2D eigenvalue weighted by atomic mass is 9.77. The Kier molecular flexibility index (Phi) is 3.81. The highest BCUT2D eigenvalue weighted by Crippen LogP contribution is 2.36. The maximum atomic E-state index is 6.18. The van der Waals surface area contributed by atoms with E-state index in [0.717, 1.165) is 31.4 Å². The lowest BCUT2D eigenvalue weighted by Gasteiger charge is -2.34. The van der Waals surface area contributed by atoms with Crippen LogP contribution in [0.5, 0.6) is 0 Å². The van der Waals surface area contributed by atoms with Crippen molar-refractivity contribution < 1.29 is 4.52 Å². The Morgan fingerprint density at radius 2 is 2.05 bits per heavy atom. The van der Waals surface area contributed by atoms with Crippen molar-refractivity contribution in [2.45, 2.75) is 43.0 Å². The standard InChI is InChI=1S/C15H19N3OS/c1-11-3-5-12(6-4-11)20-10-7-13-17-14(18-19-13)15(16)8-2-9-15/h3-6H,2,7-10,16H2,1H3. The molecule has 1 aromatic carbocycles. The molecule has 0 atom stereocenters. The van der Waals surface area contributed by atoms with E-state index in [9.17, 15) is 0 Å². The van der Waals surface area contributed by atoms with Gasteiger partial charge in [-0.1, -0.05) is 22.9 Å². The van der Waals surface area contributed by atoms with Crippen molar-refractivity contribution in [3.63, 3.8) is 0 Å². The average Bonchev–Trinajstić information content (AvgIpc) is 2.87. The van der Waals surface area contributed by atoms with Crippen molar-refractivity contribution in [1.82, 2.24) is 10.1 Å². The van der Waals surface area contributed by atoms with Crippen LogP contribution in [0.1, 0.15) is 36.5 Å². The van der Waals surface area contributed by atoms with E-state index in [-0.39, 0.29) is 5.54 Å². The molecular weight excluding hydrogens is 270 g/mol. The zero-order chi connectivity index (χ0) is 14.0. The second-order valence-electron chi connectivity index (χ2n) is 5.43. The van der Waals surface area contributed by atoms with E-state index >= 15 is 0 Å². The van der Waals surface area contributed by atoms with E-state index in [2.05, 4.69) is 41.3 Å². The Balaban J connectivity index is 1.52. The number of thioether (sulfide) groups is 1. The van der Waals surface area contributed by atoms with Crippen LogP contribution in [0.4, 0.5) is 0 Å². The third-order valence-electron chi connectivity index (χ3n) is 3.76. The second kappa shape index (κ2) is 5.58. The maximum Gasteiger partial charge on any atom is 0.227 e. The number of hydrogen-bond donors (Lipinski definition) is 1. The molecule has 1 saturated carbocycles. The van der Waals surface area contributed by atoms with E-state index in [4.69, 9.17) is 10.3 Å². The molecule has 1 aromatic heterocycles. The molecule has 0 radical (unpaired) electrons. The molecule has 2 aromatic rings. The van der Waals surface area contributed by atoms with Crippen molar-refractivity contribution >= 4 is 11.8 Å². The normalized spacial score (nSPS) is 16.9. The molecule has 0 bridgehead atoms. The monoisotopic (exact) mass is 289 g/mol. The van der Waals surface area contributed by atoms with Gasteiger partial charge in [-0.15, -0.1) is 11.8 Å². The molecule has 20 heavy (non-hydrogen) atoms. The van der Waals surface area contributed by atoms with Crippen LogP contribution in [0.15, 0.2) is 33.7 Å². The molecule has 0 aliphatic heterocycles. The Hall–Kier alpha value is -1.33. The van der Waals surface area contributed by atoms with Gasteiger partial charge < -0.3 is 10.3 Å². The minimum absolute atomic E-state index is 0.328. The molecule has 106 valence electrons. The molecule has 0 spiro atoms. The van der Waals surface area contributed by atoms with Crippen molar-refractivity contribution in [2.75, 3.05) is 5.75 Å². The third-order valence-corrected chi connectivity index (χ3v) is 4.78. The van der Waals surface area contributed by atoms with E-state index < -0.39 is 0 Å². The van der Waals surface area contributed by atoms with E-state index in [1.807, 2.05) is 0 Å². The zero-order valence-corrected chi connectivity index (χ0v) is 12.4. The lowest BCUT2D eigenvalue weighted by molar-refractivity contribution is 0.229. The number of hydrogen-bond acceptors (Lipinski definition) is 5. The van der Waals surface area contributed by atoms with Crippen LogP contribution >= 0.6 is 11.8 Å². The summed E-state index contributed by atoms with van der Waals surface area (Å²) in [5, 5.41) is 4.03. The lowest BCUT2D eigenvalue weighted by Crippen LogP contribution is -2.44. The smallest absolute Gasteiger partial charge is 0.227 e. The summed E-state index contributed by atoms with van der Waals surface area (Å²) in [7, 11) is 0. The first-order valence-corrected chi connectivity index (χ1v) is 7.96. The maximum absolute atomic E-state index is 6.18. The predicted molar refractivity (Wildman–Crippen MR) is 79.6 cm³/mol. The van der Waals surface area contributed by atoms with Gasteiger partial charge in [-0.2, -0.15) is 4.98 Å². The van der Waals surface area contributed by atoms with Gasteiger partial charge in [0.1, 0.15) is 0 Å². The van der Waals surface area contributed by atoms with Gasteiger partial charge in [0.05, 0.1) is 5.54 Å². The van der Waals surface area contributed by atoms with Crippen LogP contribution in [0.3, 0.4) is 0 Å². The van der Waals surface area contributed by atoms with Gasteiger partial charge in [-0.05, 0) is 38.3 Å². The highest BCUT2D eigenvalue weighted by molar-refractivity contribution is 7.99. The van der Waals surface area contributed by atoms with Crippen LogP contribution in [0.2, 0.25) is 0 Å². The minimum Gasteiger partial charge on any atom is -0.339 e. The molecule has 1 aliphatic carbocycles. The Labute approximate surface area is 123 Å². The zero-order valence-electron chi connectivity index (χ0n) is 11.6. The minimum atomic E-state index is -0.328. The van der Waals surface area contributed by atoms with Crippen molar-refractivity contribution in [3.05, 3.63) is 41.5 Å². The molecular formula is C15H19N3OS. The molecule has 1 heterocycles. The Bertz CT molecular complexity index is 575. The van der Waals surface area contributed by atoms with E-state index in [1.54, 1.807) is 11.8 Å². The van der Waals surface area contributed by atoms with Crippen molar-refractivity contribution in [3.8, 4) is 0 Å². The third kappa shape index (κ3) is 2.88. The number of aromatic nitrogens is 2. The summed E-state index contributed by atoms with van der Waals surface area (Å²) in [6, 6.07) is 8.54. The van der Waals surface area contributed by atoms with Crippen LogP contribution in [-0.4, -0.2) is 15.9 Å². The van der Waals surface area contributed by atoms with Gasteiger partial charge in [0.25, 0.3) is 0 Å².